The molecule has 2 aromatic rings. The highest BCUT2D eigenvalue weighted by Gasteiger charge is 2.31. The van der Waals surface area contributed by atoms with E-state index in [1.165, 1.54) is 21.3 Å². The van der Waals surface area contributed by atoms with Crippen LogP contribution in [0.5, 0.6) is 17.2 Å². The molecule has 1 unspecified atom stereocenters. The average Bonchev–Trinajstić information content (AvgIpc) is 3.39. The minimum atomic E-state index is -0.356. The summed E-state index contributed by atoms with van der Waals surface area (Å²) in [7, 11) is 4.57. The van der Waals surface area contributed by atoms with Gasteiger partial charge in [0, 0.05) is 31.7 Å². The predicted molar refractivity (Wildman–Crippen MR) is 143 cm³/mol. The van der Waals surface area contributed by atoms with E-state index in [2.05, 4.69) is 12.7 Å². The first kappa shape index (κ1) is 27.6. The summed E-state index contributed by atoms with van der Waals surface area (Å²) in [6.45, 7) is 7.80. The Kier molecular flexibility index (Phi) is 10.0. The van der Waals surface area contributed by atoms with Gasteiger partial charge < -0.3 is 28.7 Å². The molecule has 1 saturated heterocycles. The van der Waals surface area contributed by atoms with Crippen LogP contribution in [0.4, 0.5) is 4.79 Å². The van der Waals surface area contributed by atoms with Crippen LogP contribution in [0.15, 0.2) is 60.7 Å². The number of methoxy groups -OCH3 is 3. The van der Waals surface area contributed by atoms with Crippen molar-refractivity contribution in [2.75, 3.05) is 54.1 Å². The summed E-state index contributed by atoms with van der Waals surface area (Å²) in [6.07, 6.45) is 4.04. The van der Waals surface area contributed by atoms with Crippen LogP contribution in [0, 0.1) is 5.92 Å². The van der Waals surface area contributed by atoms with Crippen molar-refractivity contribution in [2.45, 2.75) is 13.3 Å². The Bertz CT molecular complexity index is 1090. The molecule has 0 N–H and O–H groups in total. The number of hydrogen-bond donors (Lipinski definition) is 0. The molecule has 1 atom stereocenters. The average molecular weight is 509 g/mol. The van der Waals surface area contributed by atoms with Gasteiger partial charge in [-0.3, -0.25) is 4.79 Å². The smallest absolute Gasteiger partial charge is 0.410 e. The Morgan fingerprint density at radius 1 is 1.08 bits per heavy atom. The molecule has 1 aliphatic rings. The Hall–Kier alpha value is -3.94. The zero-order valence-electron chi connectivity index (χ0n) is 22.1. The van der Waals surface area contributed by atoms with Gasteiger partial charge >= 0.3 is 6.09 Å². The normalized spacial score (nSPS) is 15.2. The minimum absolute atomic E-state index is 0.117. The van der Waals surface area contributed by atoms with E-state index >= 15 is 0 Å². The number of hydrogen-bond acceptors (Lipinski definition) is 6. The van der Waals surface area contributed by atoms with Crippen molar-refractivity contribution >= 4 is 18.1 Å². The second-order valence-electron chi connectivity index (χ2n) is 8.97. The van der Waals surface area contributed by atoms with Gasteiger partial charge in [0.05, 0.1) is 21.3 Å². The third kappa shape index (κ3) is 7.29. The number of benzene rings is 2. The number of ether oxygens (including phenoxy) is 4. The zero-order chi connectivity index (χ0) is 26.8. The van der Waals surface area contributed by atoms with Crippen LogP contribution in [0.25, 0.3) is 6.08 Å². The molecule has 1 fully saturated rings. The summed E-state index contributed by atoms with van der Waals surface area (Å²) in [5, 5.41) is 0. The van der Waals surface area contributed by atoms with Crippen molar-refractivity contribution in [2.24, 2.45) is 5.92 Å². The van der Waals surface area contributed by atoms with E-state index < -0.39 is 0 Å². The number of amides is 2. The monoisotopic (exact) mass is 508 g/mol. The number of carbonyl (C=O) groups excluding carboxylic acids is 2. The zero-order valence-corrected chi connectivity index (χ0v) is 22.1. The SMILES string of the molecule is C=CCOC(=O)N1CCC(CN(CC(C)=Cc2ccccc2)C(=O)c2cc(OC)c(OC)c(OC)c2)C1. The van der Waals surface area contributed by atoms with E-state index in [0.29, 0.717) is 49.0 Å². The molecular weight excluding hydrogens is 472 g/mol. The predicted octanol–water partition coefficient (Wildman–Crippen LogP) is 4.90. The maximum absolute atomic E-state index is 13.8. The molecule has 8 nitrogen and oxygen atoms in total. The lowest BCUT2D eigenvalue weighted by Crippen LogP contribution is -2.38. The Morgan fingerprint density at radius 3 is 2.35 bits per heavy atom. The molecule has 0 aromatic heterocycles. The minimum Gasteiger partial charge on any atom is -0.493 e. The lowest BCUT2D eigenvalue weighted by molar-refractivity contribution is 0.0744. The second-order valence-corrected chi connectivity index (χ2v) is 8.97. The molecule has 2 aromatic carbocycles. The Labute approximate surface area is 219 Å². The van der Waals surface area contributed by atoms with Gasteiger partial charge in [-0.1, -0.05) is 54.6 Å². The van der Waals surface area contributed by atoms with E-state index in [4.69, 9.17) is 18.9 Å². The molecule has 37 heavy (non-hydrogen) atoms. The first-order valence-electron chi connectivity index (χ1n) is 12.2. The highest BCUT2D eigenvalue weighted by Crippen LogP contribution is 2.38. The van der Waals surface area contributed by atoms with E-state index in [0.717, 1.165) is 17.6 Å². The second kappa shape index (κ2) is 13.4. The molecule has 0 saturated carbocycles. The summed E-state index contributed by atoms with van der Waals surface area (Å²) in [5.41, 5.74) is 2.53. The summed E-state index contributed by atoms with van der Waals surface area (Å²) >= 11 is 0. The molecular formula is C29H36N2O6. The molecule has 1 heterocycles. The lowest BCUT2D eigenvalue weighted by atomic mass is 10.1. The van der Waals surface area contributed by atoms with Crippen LogP contribution in [-0.2, 0) is 4.74 Å². The first-order valence-corrected chi connectivity index (χ1v) is 12.2. The maximum Gasteiger partial charge on any atom is 0.410 e. The lowest BCUT2D eigenvalue weighted by Gasteiger charge is -2.27. The van der Waals surface area contributed by atoms with Gasteiger partial charge in [0.2, 0.25) is 5.75 Å². The molecule has 3 rings (SSSR count). The fourth-order valence-electron chi connectivity index (χ4n) is 4.47. The molecule has 0 radical (unpaired) electrons. The van der Waals surface area contributed by atoms with Gasteiger partial charge in [-0.2, -0.15) is 0 Å². The first-order chi connectivity index (χ1) is 17.9. The van der Waals surface area contributed by atoms with Crippen LogP contribution >= 0.6 is 0 Å². The standard InChI is InChI=1S/C29H36N2O6/c1-6-14-37-29(33)30-13-12-23(19-30)20-31(18-21(2)15-22-10-8-7-9-11-22)28(32)24-16-25(34-3)27(36-5)26(17-24)35-4/h6-11,15-17,23H,1,12-14,18-20H2,2-5H3. The van der Waals surface area contributed by atoms with Crippen LogP contribution in [0.1, 0.15) is 29.3 Å². The van der Waals surface area contributed by atoms with E-state index in [1.807, 2.05) is 42.2 Å². The Morgan fingerprint density at radius 2 is 1.76 bits per heavy atom. The van der Waals surface area contributed by atoms with Crippen LogP contribution in [0.3, 0.4) is 0 Å². The largest absolute Gasteiger partial charge is 0.493 e. The highest BCUT2D eigenvalue weighted by molar-refractivity contribution is 5.96. The summed E-state index contributed by atoms with van der Waals surface area (Å²) in [6, 6.07) is 13.3. The van der Waals surface area contributed by atoms with Crippen molar-refractivity contribution < 1.29 is 28.5 Å². The van der Waals surface area contributed by atoms with Crippen molar-refractivity contribution in [1.82, 2.24) is 9.80 Å². The van der Waals surface area contributed by atoms with Gasteiger partial charge in [-0.15, -0.1) is 0 Å². The number of nitrogens with zero attached hydrogens (tertiary/aromatic N) is 2. The van der Waals surface area contributed by atoms with Crippen LogP contribution in [-0.4, -0.2) is 75.9 Å². The molecule has 2 amide bonds. The summed E-state index contributed by atoms with van der Waals surface area (Å²) < 4.78 is 21.5. The molecule has 0 spiro atoms. The van der Waals surface area contributed by atoms with E-state index in [-0.39, 0.29) is 24.5 Å². The number of rotatable bonds is 11. The van der Waals surface area contributed by atoms with E-state index in [9.17, 15) is 9.59 Å². The molecule has 1 aliphatic heterocycles. The van der Waals surface area contributed by atoms with Crippen LogP contribution < -0.4 is 14.2 Å². The molecule has 198 valence electrons. The molecule has 8 heteroatoms. The van der Waals surface area contributed by atoms with Gasteiger partial charge in [-0.05, 0) is 37.0 Å². The molecule has 0 bridgehead atoms. The third-order valence-corrected chi connectivity index (χ3v) is 6.20. The quantitative estimate of drug-likeness (QED) is 0.402. The van der Waals surface area contributed by atoms with Crippen molar-refractivity contribution in [3.05, 3.63) is 71.8 Å². The highest BCUT2D eigenvalue weighted by atomic mass is 16.6. The number of likely N-dealkylation sites (tertiary alicyclic amines) is 1. The van der Waals surface area contributed by atoms with Crippen molar-refractivity contribution in [3.63, 3.8) is 0 Å². The van der Waals surface area contributed by atoms with Crippen LogP contribution in [0.2, 0.25) is 0 Å². The van der Waals surface area contributed by atoms with Crippen molar-refractivity contribution in [1.29, 1.82) is 0 Å². The Balaban J connectivity index is 1.86. The van der Waals surface area contributed by atoms with Crippen molar-refractivity contribution in [3.8, 4) is 17.2 Å². The number of carbonyl (C=O) groups is 2. The fourth-order valence-corrected chi connectivity index (χ4v) is 4.47. The fraction of sp³-hybridized carbons (Fsp3) is 0.379. The summed E-state index contributed by atoms with van der Waals surface area (Å²) in [5.74, 6) is 1.22. The van der Waals surface area contributed by atoms with Gasteiger partial charge in [0.15, 0.2) is 11.5 Å². The third-order valence-electron chi connectivity index (χ3n) is 6.20. The molecule has 0 aliphatic carbocycles. The van der Waals surface area contributed by atoms with Gasteiger partial charge in [-0.25, -0.2) is 4.79 Å². The van der Waals surface area contributed by atoms with Gasteiger partial charge in [0.25, 0.3) is 5.91 Å². The van der Waals surface area contributed by atoms with Gasteiger partial charge in [0.1, 0.15) is 6.61 Å². The maximum atomic E-state index is 13.8. The van der Waals surface area contributed by atoms with E-state index in [1.54, 1.807) is 23.1 Å². The topological polar surface area (TPSA) is 77.5 Å². The summed E-state index contributed by atoms with van der Waals surface area (Å²) in [4.78, 5) is 29.6.